The molecule has 0 saturated carbocycles. The van der Waals surface area contributed by atoms with Crippen LogP contribution < -0.4 is 9.80 Å². The van der Waals surface area contributed by atoms with Crippen molar-refractivity contribution in [2.24, 2.45) is 11.8 Å². The number of aromatic nitrogens is 2. The second-order valence-electron chi connectivity index (χ2n) is 7.28. The first-order chi connectivity index (χ1) is 11.5. The molecule has 134 valence electrons. The number of nitrogens with zero attached hydrogens (tertiary/aromatic N) is 5. The first kappa shape index (κ1) is 17.4. The van der Waals surface area contributed by atoms with Crippen molar-refractivity contribution >= 4 is 11.8 Å². The maximum atomic E-state index is 14.2. The van der Waals surface area contributed by atoms with Gasteiger partial charge >= 0.3 is 0 Å². The number of rotatable bonds is 4. The highest BCUT2D eigenvalue weighted by Gasteiger charge is 2.37. The van der Waals surface area contributed by atoms with E-state index in [1.165, 1.54) is 6.20 Å². The van der Waals surface area contributed by atoms with Crippen molar-refractivity contribution in [2.75, 3.05) is 63.3 Å². The fraction of sp³-hybridized carbons (Fsp3) is 0.765. The third-order valence-electron chi connectivity index (χ3n) is 5.16. The van der Waals surface area contributed by atoms with Crippen LogP contribution in [0.1, 0.15) is 13.8 Å². The molecule has 2 saturated heterocycles. The van der Waals surface area contributed by atoms with Gasteiger partial charge in [-0.3, -0.25) is 0 Å². The molecule has 2 aliphatic heterocycles. The Hall–Kier alpha value is -1.47. The van der Waals surface area contributed by atoms with Crippen LogP contribution in [0, 0.1) is 17.7 Å². The molecule has 1 aromatic rings. The van der Waals surface area contributed by atoms with E-state index in [4.69, 9.17) is 4.74 Å². The van der Waals surface area contributed by atoms with Crippen molar-refractivity contribution in [1.82, 2.24) is 14.9 Å². The molecule has 0 aliphatic carbocycles. The van der Waals surface area contributed by atoms with Crippen LogP contribution in [0.15, 0.2) is 6.20 Å². The molecule has 3 heterocycles. The van der Waals surface area contributed by atoms with E-state index in [0.29, 0.717) is 55.9 Å². The molecule has 2 atom stereocenters. The molecule has 2 aliphatic rings. The Labute approximate surface area is 143 Å². The summed E-state index contributed by atoms with van der Waals surface area (Å²) in [5, 5.41) is 0. The summed E-state index contributed by atoms with van der Waals surface area (Å²) in [4.78, 5) is 15.2. The molecule has 0 N–H and O–H groups in total. The number of morpholine rings is 1. The number of halogens is 1. The van der Waals surface area contributed by atoms with Gasteiger partial charge in [0.2, 0.25) is 5.95 Å². The molecule has 0 amide bonds. The molecular weight excluding hydrogens is 309 g/mol. The summed E-state index contributed by atoms with van der Waals surface area (Å²) < 4.78 is 19.6. The van der Waals surface area contributed by atoms with Gasteiger partial charge in [0.25, 0.3) is 0 Å². The Morgan fingerprint density at radius 3 is 2.50 bits per heavy atom. The summed E-state index contributed by atoms with van der Waals surface area (Å²) in [7, 11) is 4.24. The molecule has 3 rings (SSSR count). The van der Waals surface area contributed by atoms with Crippen LogP contribution >= 0.6 is 0 Å². The number of hydrogen-bond acceptors (Lipinski definition) is 6. The summed E-state index contributed by atoms with van der Waals surface area (Å²) >= 11 is 0. The maximum Gasteiger partial charge on any atom is 0.227 e. The van der Waals surface area contributed by atoms with Gasteiger partial charge in [0.05, 0.1) is 19.4 Å². The molecular formula is C17H28FN5O. The van der Waals surface area contributed by atoms with E-state index < -0.39 is 0 Å². The Morgan fingerprint density at radius 2 is 1.92 bits per heavy atom. The zero-order valence-electron chi connectivity index (χ0n) is 15.1. The monoisotopic (exact) mass is 337 g/mol. The van der Waals surface area contributed by atoms with Gasteiger partial charge in [-0.05, 0) is 25.9 Å². The minimum Gasteiger partial charge on any atom is -0.378 e. The van der Waals surface area contributed by atoms with Gasteiger partial charge < -0.3 is 19.4 Å². The van der Waals surface area contributed by atoms with Crippen LogP contribution in [0.3, 0.4) is 0 Å². The zero-order valence-corrected chi connectivity index (χ0v) is 15.1. The first-order valence-electron chi connectivity index (χ1n) is 8.74. The predicted molar refractivity (Wildman–Crippen MR) is 93.0 cm³/mol. The van der Waals surface area contributed by atoms with Crippen molar-refractivity contribution in [2.45, 2.75) is 19.9 Å². The van der Waals surface area contributed by atoms with Crippen molar-refractivity contribution in [3.63, 3.8) is 0 Å². The van der Waals surface area contributed by atoms with Crippen LogP contribution in [-0.4, -0.2) is 74.4 Å². The first-order valence-corrected chi connectivity index (χ1v) is 8.74. The van der Waals surface area contributed by atoms with Crippen LogP contribution in [0.25, 0.3) is 0 Å². The molecule has 2 fully saturated rings. The Morgan fingerprint density at radius 1 is 1.21 bits per heavy atom. The van der Waals surface area contributed by atoms with Crippen molar-refractivity contribution in [3.05, 3.63) is 12.0 Å². The molecule has 0 bridgehead atoms. The normalized spacial score (nSPS) is 25.1. The molecule has 1 aromatic heterocycles. The third-order valence-corrected chi connectivity index (χ3v) is 5.16. The second kappa shape index (κ2) is 7.19. The van der Waals surface area contributed by atoms with E-state index in [0.717, 1.165) is 13.1 Å². The van der Waals surface area contributed by atoms with E-state index in [2.05, 4.69) is 47.7 Å². The Bertz CT molecular complexity index is 546. The smallest absolute Gasteiger partial charge is 0.227 e. The number of hydrogen-bond donors (Lipinski definition) is 0. The molecule has 6 nitrogen and oxygen atoms in total. The topological polar surface area (TPSA) is 44.7 Å². The van der Waals surface area contributed by atoms with Gasteiger partial charge in [0.15, 0.2) is 11.6 Å². The molecule has 0 radical (unpaired) electrons. The van der Waals surface area contributed by atoms with E-state index in [-0.39, 0.29) is 5.82 Å². The minimum atomic E-state index is -0.357. The number of ether oxygens (including phenoxy) is 1. The average molecular weight is 337 g/mol. The molecule has 0 unspecified atom stereocenters. The van der Waals surface area contributed by atoms with Gasteiger partial charge in [-0.1, -0.05) is 13.8 Å². The van der Waals surface area contributed by atoms with Crippen molar-refractivity contribution in [1.29, 1.82) is 0 Å². The fourth-order valence-corrected chi connectivity index (χ4v) is 3.67. The molecule has 0 aromatic carbocycles. The maximum absolute atomic E-state index is 14.2. The largest absolute Gasteiger partial charge is 0.378 e. The lowest BCUT2D eigenvalue weighted by atomic mass is 9.91. The van der Waals surface area contributed by atoms with Crippen molar-refractivity contribution in [3.8, 4) is 0 Å². The van der Waals surface area contributed by atoms with E-state index in [9.17, 15) is 4.39 Å². The standard InChI is InChI=1S/C17H28FN5O/c1-12(2)13-10-23(11-15(13)21(3)4)17-19-9-14(18)16(20-17)22-5-7-24-8-6-22/h9,12-13,15H,5-8,10-11H2,1-4H3/t13-,15+/m1/s1. The molecule has 24 heavy (non-hydrogen) atoms. The van der Waals surface area contributed by atoms with Gasteiger partial charge in [-0.25, -0.2) is 9.37 Å². The van der Waals surface area contributed by atoms with Gasteiger partial charge in [0, 0.05) is 32.2 Å². The average Bonchev–Trinajstić information content (AvgIpc) is 3.02. The minimum absolute atomic E-state index is 0.357. The Kier molecular flexibility index (Phi) is 5.20. The SMILES string of the molecule is CC(C)[C@H]1CN(c2ncc(F)c(N3CCOCC3)n2)C[C@@H]1N(C)C. The molecule has 7 heteroatoms. The second-order valence-corrected chi connectivity index (χ2v) is 7.28. The highest BCUT2D eigenvalue weighted by Crippen LogP contribution is 2.30. The predicted octanol–water partition coefficient (Wildman–Crippen LogP) is 1.47. The van der Waals surface area contributed by atoms with E-state index in [1.54, 1.807) is 0 Å². The summed E-state index contributed by atoms with van der Waals surface area (Å²) in [6.07, 6.45) is 1.31. The summed E-state index contributed by atoms with van der Waals surface area (Å²) in [6.45, 7) is 8.87. The van der Waals surface area contributed by atoms with Gasteiger partial charge in [-0.15, -0.1) is 0 Å². The Balaban J connectivity index is 1.82. The fourth-order valence-electron chi connectivity index (χ4n) is 3.67. The summed E-state index contributed by atoms with van der Waals surface area (Å²) in [6, 6.07) is 0.463. The lowest BCUT2D eigenvalue weighted by molar-refractivity contribution is 0.122. The third kappa shape index (κ3) is 3.47. The van der Waals surface area contributed by atoms with Crippen LogP contribution in [0.4, 0.5) is 16.2 Å². The van der Waals surface area contributed by atoms with Crippen LogP contribution in [0.2, 0.25) is 0 Å². The zero-order chi connectivity index (χ0) is 17.3. The van der Waals surface area contributed by atoms with Crippen LogP contribution in [0.5, 0.6) is 0 Å². The lowest BCUT2D eigenvalue weighted by Crippen LogP contribution is -2.38. The highest BCUT2D eigenvalue weighted by molar-refractivity contribution is 5.46. The summed E-state index contributed by atoms with van der Waals surface area (Å²) in [5.74, 6) is 1.82. The van der Waals surface area contributed by atoms with E-state index in [1.807, 2.05) is 4.90 Å². The van der Waals surface area contributed by atoms with Gasteiger partial charge in [-0.2, -0.15) is 4.98 Å². The van der Waals surface area contributed by atoms with Crippen molar-refractivity contribution < 1.29 is 9.13 Å². The number of likely N-dealkylation sites (N-methyl/N-ethyl adjacent to an activating group) is 1. The quantitative estimate of drug-likeness (QED) is 0.829. The van der Waals surface area contributed by atoms with Crippen LogP contribution in [-0.2, 0) is 4.74 Å². The van der Waals surface area contributed by atoms with E-state index >= 15 is 0 Å². The molecule has 0 spiro atoms. The lowest BCUT2D eigenvalue weighted by Gasteiger charge is -2.28. The summed E-state index contributed by atoms with van der Waals surface area (Å²) in [5.41, 5.74) is 0. The highest BCUT2D eigenvalue weighted by atomic mass is 19.1. The van der Waals surface area contributed by atoms with Gasteiger partial charge in [0.1, 0.15) is 0 Å². The number of anilines is 2.